The lowest BCUT2D eigenvalue weighted by atomic mass is 10.4. The molecule has 0 saturated carbocycles. The summed E-state index contributed by atoms with van der Waals surface area (Å²) in [5.74, 6) is -1.22. The summed E-state index contributed by atoms with van der Waals surface area (Å²) in [6.45, 7) is 2.03. The molecule has 1 aromatic rings. The first-order valence-corrected chi connectivity index (χ1v) is 4.63. The van der Waals surface area contributed by atoms with Crippen molar-refractivity contribution < 1.29 is 9.18 Å². The molecule has 0 bridgehead atoms. The van der Waals surface area contributed by atoms with Crippen LogP contribution < -0.4 is 10.6 Å². The van der Waals surface area contributed by atoms with Crippen LogP contribution in [-0.4, -0.2) is 29.0 Å². The van der Waals surface area contributed by atoms with E-state index in [2.05, 4.69) is 9.97 Å². The van der Waals surface area contributed by atoms with Crippen LogP contribution in [0.2, 0.25) is 5.28 Å². The van der Waals surface area contributed by atoms with Gasteiger partial charge in [-0.05, 0) is 18.5 Å². The first kappa shape index (κ1) is 11.6. The van der Waals surface area contributed by atoms with Gasteiger partial charge in [0.05, 0.1) is 12.7 Å². The third-order valence-electron chi connectivity index (χ3n) is 1.72. The third-order valence-corrected chi connectivity index (χ3v) is 1.91. The van der Waals surface area contributed by atoms with Gasteiger partial charge < -0.3 is 10.6 Å². The Morgan fingerprint density at radius 3 is 2.93 bits per heavy atom. The van der Waals surface area contributed by atoms with E-state index in [-0.39, 0.29) is 17.6 Å². The molecule has 5 nitrogen and oxygen atoms in total. The molecular formula is C8H10ClFN4O. The Hall–Kier alpha value is -1.43. The van der Waals surface area contributed by atoms with Gasteiger partial charge in [-0.2, -0.15) is 4.98 Å². The average Bonchev–Trinajstić information content (AvgIpc) is 2.18. The molecule has 0 atom stereocenters. The zero-order chi connectivity index (χ0) is 11.4. The predicted molar refractivity (Wildman–Crippen MR) is 54.1 cm³/mol. The molecular weight excluding hydrogens is 223 g/mol. The zero-order valence-corrected chi connectivity index (χ0v) is 8.83. The number of carbonyl (C=O) groups is 1. The first-order valence-electron chi connectivity index (χ1n) is 4.26. The highest BCUT2D eigenvalue weighted by Crippen LogP contribution is 2.16. The summed E-state index contributed by atoms with van der Waals surface area (Å²) < 4.78 is 13.3. The van der Waals surface area contributed by atoms with Gasteiger partial charge in [-0.15, -0.1) is 0 Å². The van der Waals surface area contributed by atoms with E-state index >= 15 is 0 Å². The van der Waals surface area contributed by atoms with E-state index in [1.807, 2.05) is 0 Å². The average molecular weight is 233 g/mol. The van der Waals surface area contributed by atoms with E-state index in [0.29, 0.717) is 6.54 Å². The second-order valence-electron chi connectivity index (χ2n) is 2.79. The summed E-state index contributed by atoms with van der Waals surface area (Å²) in [4.78, 5) is 19.3. The van der Waals surface area contributed by atoms with Gasteiger partial charge in [0.25, 0.3) is 0 Å². The largest absolute Gasteiger partial charge is 0.368 e. The minimum Gasteiger partial charge on any atom is -0.368 e. The molecule has 1 heterocycles. The van der Waals surface area contributed by atoms with E-state index in [0.717, 1.165) is 6.20 Å². The molecule has 1 rings (SSSR count). The van der Waals surface area contributed by atoms with Gasteiger partial charge in [-0.3, -0.25) is 4.79 Å². The number of carbonyl (C=O) groups excluding carboxylic acids is 1. The second kappa shape index (κ2) is 4.88. The lowest BCUT2D eigenvalue weighted by molar-refractivity contribution is -0.116. The first-order chi connectivity index (χ1) is 7.04. The van der Waals surface area contributed by atoms with Gasteiger partial charge in [0.15, 0.2) is 11.6 Å². The monoisotopic (exact) mass is 232 g/mol. The maximum atomic E-state index is 13.3. The van der Waals surface area contributed by atoms with E-state index < -0.39 is 11.7 Å². The molecule has 0 aromatic carbocycles. The third kappa shape index (κ3) is 3.02. The molecule has 0 fully saturated rings. The van der Waals surface area contributed by atoms with Gasteiger partial charge in [0, 0.05) is 6.54 Å². The van der Waals surface area contributed by atoms with Gasteiger partial charge in [-0.25, -0.2) is 9.37 Å². The predicted octanol–water partition coefficient (Wildman–Crippen LogP) is 0.581. The van der Waals surface area contributed by atoms with E-state index in [4.69, 9.17) is 17.3 Å². The fraction of sp³-hybridized carbons (Fsp3) is 0.375. The van der Waals surface area contributed by atoms with Crippen molar-refractivity contribution in [2.24, 2.45) is 5.73 Å². The van der Waals surface area contributed by atoms with Crippen LogP contribution in [0.4, 0.5) is 10.2 Å². The van der Waals surface area contributed by atoms with Crippen LogP contribution in [0.25, 0.3) is 0 Å². The number of nitrogens with two attached hydrogens (primary N) is 1. The topological polar surface area (TPSA) is 72.1 Å². The number of halogens is 2. The maximum Gasteiger partial charge on any atom is 0.236 e. The quantitative estimate of drug-likeness (QED) is 0.771. The van der Waals surface area contributed by atoms with Crippen LogP contribution in [0.15, 0.2) is 6.20 Å². The van der Waals surface area contributed by atoms with Crippen LogP contribution in [0.3, 0.4) is 0 Å². The van der Waals surface area contributed by atoms with Crippen molar-refractivity contribution in [3.05, 3.63) is 17.3 Å². The lowest BCUT2D eigenvalue weighted by Crippen LogP contribution is -2.34. The van der Waals surface area contributed by atoms with E-state index in [1.54, 1.807) is 6.92 Å². The summed E-state index contributed by atoms with van der Waals surface area (Å²) in [5.41, 5.74) is 5.01. The molecule has 0 radical (unpaired) electrons. The lowest BCUT2D eigenvalue weighted by Gasteiger charge is -2.20. The van der Waals surface area contributed by atoms with Gasteiger partial charge in [-0.1, -0.05) is 0 Å². The standard InChI is InChI=1S/C8H10ClFN4O/c1-2-14(4-6(11)15)7-5(10)3-12-8(9)13-7/h3H,2,4H2,1H3,(H2,11,15). The molecule has 1 amide bonds. The van der Waals surface area contributed by atoms with Crippen LogP contribution in [0.5, 0.6) is 0 Å². The molecule has 82 valence electrons. The Bertz CT molecular complexity index is 374. The number of amides is 1. The SMILES string of the molecule is CCN(CC(N)=O)c1nc(Cl)ncc1F. The van der Waals surface area contributed by atoms with Crippen molar-refractivity contribution in [3.8, 4) is 0 Å². The van der Waals surface area contributed by atoms with Crippen LogP contribution >= 0.6 is 11.6 Å². The Kier molecular flexibility index (Phi) is 3.79. The molecule has 0 aliphatic rings. The fourth-order valence-corrected chi connectivity index (χ4v) is 1.21. The maximum absolute atomic E-state index is 13.3. The van der Waals surface area contributed by atoms with Gasteiger partial charge in [0.1, 0.15) is 0 Å². The molecule has 0 aliphatic carbocycles. The number of hydrogen-bond donors (Lipinski definition) is 1. The van der Waals surface area contributed by atoms with E-state index in [1.165, 1.54) is 4.90 Å². The molecule has 2 N–H and O–H groups in total. The Morgan fingerprint density at radius 2 is 2.40 bits per heavy atom. The number of hydrogen-bond acceptors (Lipinski definition) is 4. The fourth-order valence-electron chi connectivity index (χ4n) is 1.08. The molecule has 15 heavy (non-hydrogen) atoms. The number of rotatable bonds is 4. The summed E-state index contributed by atoms with van der Waals surface area (Å²) in [7, 11) is 0. The van der Waals surface area contributed by atoms with Crippen molar-refractivity contribution in [2.45, 2.75) is 6.92 Å². The molecule has 0 saturated heterocycles. The van der Waals surface area contributed by atoms with Crippen molar-refractivity contribution >= 4 is 23.3 Å². The van der Waals surface area contributed by atoms with Gasteiger partial charge in [0.2, 0.25) is 11.2 Å². The summed E-state index contributed by atoms with van der Waals surface area (Å²) >= 11 is 5.52. The number of anilines is 1. The minimum absolute atomic E-state index is 0.0173. The number of primary amides is 1. The highest BCUT2D eigenvalue weighted by molar-refractivity contribution is 6.28. The van der Waals surface area contributed by atoms with Crippen LogP contribution in [-0.2, 0) is 4.79 Å². The summed E-state index contributed by atoms with van der Waals surface area (Å²) in [5, 5.41) is -0.0747. The Labute approximate surface area is 91.1 Å². The van der Waals surface area contributed by atoms with Crippen molar-refractivity contribution in [1.82, 2.24) is 9.97 Å². The Morgan fingerprint density at radius 1 is 1.73 bits per heavy atom. The normalized spacial score (nSPS) is 10.1. The Balaban J connectivity index is 3.00. The number of nitrogens with zero attached hydrogens (tertiary/aromatic N) is 3. The minimum atomic E-state index is -0.637. The smallest absolute Gasteiger partial charge is 0.236 e. The van der Waals surface area contributed by atoms with Crippen LogP contribution in [0.1, 0.15) is 6.92 Å². The number of aromatic nitrogens is 2. The highest BCUT2D eigenvalue weighted by atomic mass is 35.5. The molecule has 0 unspecified atom stereocenters. The van der Waals surface area contributed by atoms with Crippen LogP contribution in [0, 0.1) is 5.82 Å². The van der Waals surface area contributed by atoms with E-state index in [9.17, 15) is 9.18 Å². The summed E-state index contributed by atoms with van der Waals surface area (Å²) in [6, 6.07) is 0. The van der Waals surface area contributed by atoms with Gasteiger partial charge >= 0.3 is 0 Å². The van der Waals surface area contributed by atoms with Crippen molar-refractivity contribution in [1.29, 1.82) is 0 Å². The second-order valence-corrected chi connectivity index (χ2v) is 3.13. The molecule has 0 aliphatic heterocycles. The molecule has 0 spiro atoms. The van der Waals surface area contributed by atoms with Crippen molar-refractivity contribution in [3.63, 3.8) is 0 Å². The summed E-state index contributed by atoms with van der Waals surface area (Å²) in [6.07, 6.45) is 0.953. The number of likely N-dealkylation sites (N-methyl/N-ethyl adjacent to an activating group) is 1. The zero-order valence-electron chi connectivity index (χ0n) is 8.07. The highest BCUT2D eigenvalue weighted by Gasteiger charge is 2.14. The molecule has 7 heteroatoms. The molecule has 1 aromatic heterocycles. The van der Waals surface area contributed by atoms with Crippen molar-refractivity contribution in [2.75, 3.05) is 18.0 Å².